The number of amides is 2. The Morgan fingerprint density at radius 1 is 1.17 bits per heavy atom. The SMILES string of the molecule is Cc1nc(Cc2ccc(F)cc2)sc1C(=O)Nc1ccc(C(=O)NC2CC2)c(Cl)c1. The summed E-state index contributed by atoms with van der Waals surface area (Å²) >= 11 is 7.54. The summed E-state index contributed by atoms with van der Waals surface area (Å²) in [5.41, 5.74) is 2.43. The summed E-state index contributed by atoms with van der Waals surface area (Å²) in [6, 6.07) is 11.3. The first-order valence-corrected chi connectivity index (χ1v) is 10.7. The predicted molar refractivity (Wildman–Crippen MR) is 116 cm³/mol. The zero-order valence-corrected chi connectivity index (χ0v) is 17.7. The van der Waals surface area contributed by atoms with Gasteiger partial charge >= 0.3 is 0 Å². The first-order chi connectivity index (χ1) is 14.4. The Hall–Kier alpha value is -2.77. The van der Waals surface area contributed by atoms with E-state index in [0.29, 0.717) is 28.2 Å². The molecule has 5 nitrogen and oxygen atoms in total. The number of nitrogens with one attached hydrogen (secondary N) is 2. The Kier molecular flexibility index (Phi) is 5.83. The average Bonchev–Trinajstić information content (AvgIpc) is 3.43. The van der Waals surface area contributed by atoms with Crippen molar-refractivity contribution in [2.24, 2.45) is 0 Å². The van der Waals surface area contributed by atoms with Gasteiger partial charge in [0.25, 0.3) is 11.8 Å². The van der Waals surface area contributed by atoms with Crippen molar-refractivity contribution in [3.8, 4) is 0 Å². The molecule has 0 radical (unpaired) electrons. The normalized spacial score (nSPS) is 13.2. The van der Waals surface area contributed by atoms with E-state index in [1.807, 2.05) is 0 Å². The van der Waals surface area contributed by atoms with Gasteiger partial charge in [0.15, 0.2) is 0 Å². The maximum Gasteiger partial charge on any atom is 0.267 e. The van der Waals surface area contributed by atoms with Crippen LogP contribution in [0.15, 0.2) is 42.5 Å². The number of aryl methyl sites for hydroxylation is 1. The molecule has 1 fully saturated rings. The van der Waals surface area contributed by atoms with Crippen LogP contribution in [-0.2, 0) is 6.42 Å². The van der Waals surface area contributed by atoms with E-state index in [0.717, 1.165) is 23.4 Å². The highest BCUT2D eigenvalue weighted by Gasteiger charge is 2.25. The lowest BCUT2D eigenvalue weighted by atomic mass is 10.1. The van der Waals surface area contributed by atoms with Crippen molar-refractivity contribution in [3.05, 3.63) is 80.0 Å². The van der Waals surface area contributed by atoms with E-state index in [1.54, 1.807) is 37.3 Å². The molecule has 4 rings (SSSR count). The predicted octanol–water partition coefficient (Wildman–Crippen LogP) is 4.98. The van der Waals surface area contributed by atoms with Gasteiger partial charge in [0.05, 0.1) is 21.3 Å². The fourth-order valence-corrected chi connectivity index (χ4v) is 4.23. The summed E-state index contributed by atoms with van der Waals surface area (Å²) in [7, 11) is 0. The molecule has 0 unspecified atom stereocenters. The van der Waals surface area contributed by atoms with Crippen molar-refractivity contribution < 1.29 is 14.0 Å². The Bertz CT molecular complexity index is 1110. The Morgan fingerprint density at radius 3 is 2.57 bits per heavy atom. The largest absolute Gasteiger partial charge is 0.349 e. The third kappa shape index (κ3) is 4.86. The van der Waals surface area contributed by atoms with Crippen molar-refractivity contribution in [1.29, 1.82) is 0 Å². The molecule has 2 aromatic carbocycles. The fraction of sp³-hybridized carbons (Fsp3) is 0.227. The first-order valence-electron chi connectivity index (χ1n) is 9.51. The molecule has 0 saturated heterocycles. The first kappa shape index (κ1) is 20.5. The summed E-state index contributed by atoms with van der Waals surface area (Å²) in [4.78, 5) is 29.9. The molecule has 1 aliphatic rings. The zero-order chi connectivity index (χ0) is 21.3. The number of rotatable bonds is 6. The number of hydrogen-bond acceptors (Lipinski definition) is 4. The highest BCUT2D eigenvalue weighted by Crippen LogP contribution is 2.26. The highest BCUT2D eigenvalue weighted by atomic mass is 35.5. The monoisotopic (exact) mass is 443 g/mol. The number of carbonyl (C=O) groups is 2. The van der Waals surface area contributed by atoms with Gasteiger partial charge in [0.2, 0.25) is 0 Å². The van der Waals surface area contributed by atoms with Crippen molar-refractivity contribution >= 4 is 40.4 Å². The van der Waals surface area contributed by atoms with Crippen molar-refractivity contribution in [1.82, 2.24) is 10.3 Å². The Labute approximate surface area is 182 Å². The van der Waals surface area contributed by atoms with Crippen LogP contribution in [0, 0.1) is 12.7 Å². The summed E-state index contributed by atoms with van der Waals surface area (Å²) in [5.74, 6) is -0.783. The van der Waals surface area contributed by atoms with Gasteiger partial charge in [-0.1, -0.05) is 23.7 Å². The van der Waals surface area contributed by atoms with Crippen LogP contribution in [-0.4, -0.2) is 22.8 Å². The van der Waals surface area contributed by atoms with Crippen molar-refractivity contribution in [2.75, 3.05) is 5.32 Å². The smallest absolute Gasteiger partial charge is 0.267 e. The third-order valence-corrected chi connectivity index (χ3v) is 6.17. The number of hydrogen-bond donors (Lipinski definition) is 2. The molecular weight excluding hydrogens is 425 g/mol. The summed E-state index contributed by atoms with van der Waals surface area (Å²) in [5, 5.41) is 6.76. The molecule has 154 valence electrons. The molecule has 1 heterocycles. The number of anilines is 1. The molecule has 2 N–H and O–H groups in total. The molecule has 0 atom stereocenters. The van der Waals surface area contributed by atoms with Crippen LogP contribution in [0.4, 0.5) is 10.1 Å². The minimum Gasteiger partial charge on any atom is -0.349 e. The average molecular weight is 444 g/mol. The molecule has 1 aromatic heterocycles. The number of carbonyl (C=O) groups excluding carboxylic acids is 2. The van der Waals surface area contributed by atoms with Gasteiger partial charge in [-0.25, -0.2) is 9.37 Å². The second-order valence-corrected chi connectivity index (χ2v) is 8.71. The molecule has 0 aliphatic heterocycles. The van der Waals surface area contributed by atoms with E-state index in [9.17, 15) is 14.0 Å². The fourth-order valence-electron chi connectivity index (χ4n) is 2.97. The van der Waals surface area contributed by atoms with Crippen LogP contribution in [0.2, 0.25) is 5.02 Å². The zero-order valence-electron chi connectivity index (χ0n) is 16.2. The standard InChI is InChI=1S/C22H19ClFN3O2S/c1-12-20(30-19(25-12)10-13-2-4-14(24)5-3-13)22(29)27-16-8-9-17(18(23)11-16)21(28)26-15-6-7-15/h2-5,8-9,11,15H,6-7,10H2,1H3,(H,26,28)(H,27,29). The molecule has 0 bridgehead atoms. The maximum atomic E-state index is 13.1. The van der Waals surface area contributed by atoms with Gasteiger partial charge in [-0.3, -0.25) is 9.59 Å². The third-order valence-electron chi connectivity index (χ3n) is 4.70. The number of aromatic nitrogens is 1. The van der Waals surface area contributed by atoms with Gasteiger partial charge in [0, 0.05) is 18.2 Å². The van der Waals surface area contributed by atoms with E-state index in [2.05, 4.69) is 15.6 Å². The Balaban J connectivity index is 1.44. The molecule has 2 amide bonds. The van der Waals surface area contributed by atoms with E-state index >= 15 is 0 Å². The van der Waals surface area contributed by atoms with Gasteiger partial charge in [0.1, 0.15) is 10.7 Å². The molecule has 0 spiro atoms. The topological polar surface area (TPSA) is 71.1 Å². The molecule has 1 aliphatic carbocycles. The van der Waals surface area contributed by atoms with Crippen LogP contribution < -0.4 is 10.6 Å². The lowest BCUT2D eigenvalue weighted by Crippen LogP contribution is -2.25. The number of thiazole rings is 1. The van der Waals surface area contributed by atoms with Crippen molar-refractivity contribution in [2.45, 2.75) is 32.2 Å². The molecule has 30 heavy (non-hydrogen) atoms. The minimum absolute atomic E-state index is 0.205. The molecule has 1 saturated carbocycles. The lowest BCUT2D eigenvalue weighted by molar-refractivity contribution is 0.0950. The molecule has 8 heteroatoms. The molecule has 3 aromatic rings. The van der Waals surface area contributed by atoms with Crippen LogP contribution in [0.5, 0.6) is 0 Å². The van der Waals surface area contributed by atoms with E-state index in [4.69, 9.17) is 11.6 Å². The van der Waals surface area contributed by atoms with Crippen LogP contribution in [0.25, 0.3) is 0 Å². The lowest BCUT2D eigenvalue weighted by Gasteiger charge is -2.09. The van der Waals surface area contributed by atoms with Crippen LogP contribution >= 0.6 is 22.9 Å². The maximum absolute atomic E-state index is 13.1. The van der Waals surface area contributed by atoms with Gasteiger partial charge in [-0.05, 0) is 55.7 Å². The summed E-state index contributed by atoms with van der Waals surface area (Å²) in [6.07, 6.45) is 2.51. The second-order valence-electron chi connectivity index (χ2n) is 7.22. The Morgan fingerprint density at radius 2 is 1.90 bits per heavy atom. The summed E-state index contributed by atoms with van der Waals surface area (Å²) < 4.78 is 13.1. The minimum atomic E-state index is -0.290. The molecular formula is C22H19ClFN3O2S. The van der Waals surface area contributed by atoms with E-state index in [-0.39, 0.29) is 28.7 Å². The van der Waals surface area contributed by atoms with E-state index < -0.39 is 0 Å². The highest BCUT2D eigenvalue weighted by molar-refractivity contribution is 7.14. The van der Waals surface area contributed by atoms with Gasteiger partial charge in [-0.15, -0.1) is 11.3 Å². The summed E-state index contributed by atoms with van der Waals surface area (Å²) in [6.45, 7) is 1.78. The van der Waals surface area contributed by atoms with E-state index in [1.165, 1.54) is 23.5 Å². The van der Waals surface area contributed by atoms with Crippen LogP contribution in [0.3, 0.4) is 0 Å². The van der Waals surface area contributed by atoms with Gasteiger partial charge in [-0.2, -0.15) is 0 Å². The number of halogens is 2. The quantitative estimate of drug-likeness (QED) is 0.564. The van der Waals surface area contributed by atoms with Gasteiger partial charge < -0.3 is 10.6 Å². The second kappa shape index (κ2) is 8.53. The number of nitrogens with zero attached hydrogens (tertiary/aromatic N) is 1. The van der Waals surface area contributed by atoms with Crippen LogP contribution in [0.1, 0.15) is 49.1 Å². The van der Waals surface area contributed by atoms with Crippen molar-refractivity contribution in [3.63, 3.8) is 0 Å². The number of benzene rings is 2.